The number of benzene rings is 2. The molecule has 8 heteroatoms. The normalized spacial score (nSPS) is 10.2. The fraction of sp³-hybridized carbons (Fsp3) is 0.269. The van der Waals surface area contributed by atoms with Crippen LogP contribution >= 0.6 is 0 Å². The number of pyridine rings is 1. The van der Waals surface area contributed by atoms with Crippen molar-refractivity contribution in [2.75, 3.05) is 25.1 Å². The number of nitrogens with one attached hydrogen (secondary N) is 1. The van der Waals surface area contributed by atoms with Gasteiger partial charge in [0, 0.05) is 17.4 Å². The van der Waals surface area contributed by atoms with Gasteiger partial charge in [-0.05, 0) is 75.7 Å². The quantitative estimate of drug-likeness (QED) is 0.425. The molecule has 3 aromatic rings. The van der Waals surface area contributed by atoms with Crippen LogP contribution in [0, 0.1) is 18.3 Å². The number of carbonyl (C=O) groups excluding carboxylic acids is 1. The summed E-state index contributed by atoms with van der Waals surface area (Å²) in [7, 11) is 0. The Balaban J connectivity index is 1.84. The van der Waals surface area contributed by atoms with E-state index in [-0.39, 0.29) is 11.8 Å². The maximum Gasteiger partial charge on any atom is 0.255 e. The predicted molar refractivity (Wildman–Crippen MR) is 128 cm³/mol. The summed E-state index contributed by atoms with van der Waals surface area (Å²) in [5.74, 6) is 1.78. The minimum atomic E-state index is -0.321. The molecule has 0 radical (unpaired) electrons. The molecule has 0 unspecified atom stereocenters. The SMILES string of the molecule is CCOc1cc(C(=O)Nc2ccc(Oc3ncccc3C#N)cc2C)cc(OCC)c1OCC. The van der Waals surface area contributed by atoms with Crippen LogP contribution in [0.2, 0.25) is 0 Å². The average Bonchev–Trinajstić information content (AvgIpc) is 2.83. The summed E-state index contributed by atoms with van der Waals surface area (Å²) in [5, 5.41) is 12.1. The Morgan fingerprint density at radius 1 is 1.00 bits per heavy atom. The van der Waals surface area contributed by atoms with Gasteiger partial charge < -0.3 is 24.3 Å². The van der Waals surface area contributed by atoms with Crippen molar-refractivity contribution in [2.24, 2.45) is 0 Å². The van der Waals surface area contributed by atoms with Crippen molar-refractivity contribution < 1.29 is 23.7 Å². The summed E-state index contributed by atoms with van der Waals surface area (Å²) in [4.78, 5) is 17.2. The van der Waals surface area contributed by atoms with Gasteiger partial charge >= 0.3 is 0 Å². The third kappa shape index (κ3) is 5.75. The zero-order chi connectivity index (χ0) is 24.5. The topological polar surface area (TPSA) is 103 Å². The van der Waals surface area contributed by atoms with Crippen molar-refractivity contribution >= 4 is 11.6 Å². The predicted octanol–water partition coefficient (Wildman–Crippen LogP) is 5.50. The number of carbonyl (C=O) groups is 1. The number of anilines is 1. The molecule has 0 saturated heterocycles. The molecular weight excluding hydrogens is 434 g/mol. The van der Waals surface area contributed by atoms with Crippen molar-refractivity contribution in [1.29, 1.82) is 5.26 Å². The lowest BCUT2D eigenvalue weighted by Crippen LogP contribution is -2.14. The fourth-order valence-corrected chi connectivity index (χ4v) is 3.22. The minimum Gasteiger partial charge on any atom is -0.490 e. The molecule has 0 fully saturated rings. The van der Waals surface area contributed by atoms with E-state index in [0.717, 1.165) is 5.56 Å². The van der Waals surface area contributed by atoms with Crippen LogP contribution in [-0.4, -0.2) is 30.7 Å². The fourth-order valence-electron chi connectivity index (χ4n) is 3.22. The lowest BCUT2D eigenvalue weighted by atomic mass is 10.1. The van der Waals surface area contributed by atoms with Gasteiger partial charge in [-0.1, -0.05) is 0 Å². The van der Waals surface area contributed by atoms with Crippen molar-refractivity contribution in [1.82, 2.24) is 4.98 Å². The second kappa shape index (κ2) is 11.6. The van der Waals surface area contributed by atoms with Gasteiger partial charge in [0.2, 0.25) is 11.6 Å². The minimum absolute atomic E-state index is 0.225. The highest BCUT2D eigenvalue weighted by Crippen LogP contribution is 2.39. The molecule has 176 valence electrons. The largest absolute Gasteiger partial charge is 0.490 e. The molecule has 0 aliphatic carbocycles. The molecule has 1 heterocycles. The second-order valence-corrected chi connectivity index (χ2v) is 7.10. The number of nitrogens with zero attached hydrogens (tertiary/aromatic N) is 2. The summed E-state index contributed by atoms with van der Waals surface area (Å²) in [6, 6.07) is 13.8. The highest BCUT2D eigenvalue weighted by Gasteiger charge is 2.19. The molecule has 1 amide bonds. The van der Waals surface area contributed by atoms with Gasteiger partial charge in [0.15, 0.2) is 11.5 Å². The van der Waals surface area contributed by atoms with Crippen molar-refractivity contribution in [3.63, 3.8) is 0 Å². The van der Waals surface area contributed by atoms with Gasteiger partial charge in [-0.2, -0.15) is 5.26 Å². The number of hydrogen-bond acceptors (Lipinski definition) is 7. The maximum absolute atomic E-state index is 13.1. The highest BCUT2D eigenvalue weighted by atomic mass is 16.5. The van der Waals surface area contributed by atoms with Crippen molar-refractivity contribution in [2.45, 2.75) is 27.7 Å². The third-order valence-electron chi connectivity index (χ3n) is 4.72. The van der Waals surface area contributed by atoms with Gasteiger partial charge in [0.1, 0.15) is 17.4 Å². The molecule has 34 heavy (non-hydrogen) atoms. The number of hydrogen-bond donors (Lipinski definition) is 1. The van der Waals surface area contributed by atoms with Crippen LogP contribution in [0.4, 0.5) is 5.69 Å². The summed E-state index contributed by atoms with van der Waals surface area (Å²) < 4.78 is 22.9. The zero-order valence-corrected chi connectivity index (χ0v) is 19.7. The molecule has 3 rings (SSSR count). The number of amides is 1. The Labute approximate surface area is 199 Å². The Kier molecular flexibility index (Phi) is 8.30. The third-order valence-corrected chi connectivity index (χ3v) is 4.72. The molecule has 8 nitrogen and oxygen atoms in total. The summed E-state index contributed by atoms with van der Waals surface area (Å²) in [6.07, 6.45) is 1.56. The number of rotatable bonds is 10. The van der Waals surface area contributed by atoms with Gasteiger partial charge in [-0.3, -0.25) is 4.79 Å². The van der Waals surface area contributed by atoms with Gasteiger partial charge in [0.05, 0.1) is 19.8 Å². The van der Waals surface area contributed by atoms with E-state index in [1.807, 2.05) is 27.7 Å². The molecule has 0 saturated carbocycles. The number of ether oxygens (including phenoxy) is 4. The standard InChI is InChI=1S/C26H27N3O5/c1-5-31-22-14-19(15-23(32-6-2)24(22)33-7-3)25(30)29-21-11-10-20(13-17(21)4)34-26-18(16-27)9-8-12-28-26/h8-15H,5-7H2,1-4H3,(H,29,30). The smallest absolute Gasteiger partial charge is 0.255 e. The molecule has 0 aliphatic heterocycles. The van der Waals surface area contributed by atoms with Crippen LogP contribution in [0.15, 0.2) is 48.7 Å². The molecular formula is C26H27N3O5. The van der Waals surface area contributed by atoms with E-state index >= 15 is 0 Å². The molecule has 0 atom stereocenters. The van der Waals surface area contributed by atoms with E-state index in [1.54, 1.807) is 48.7 Å². The van der Waals surface area contributed by atoms with Crippen LogP contribution < -0.4 is 24.3 Å². The van der Waals surface area contributed by atoms with Gasteiger partial charge in [-0.15, -0.1) is 0 Å². The van der Waals surface area contributed by atoms with Crippen LogP contribution in [-0.2, 0) is 0 Å². The maximum atomic E-state index is 13.1. The van der Waals surface area contributed by atoms with Gasteiger partial charge in [-0.25, -0.2) is 4.98 Å². The monoisotopic (exact) mass is 461 g/mol. The summed E-state index contributed by atoms with van der Waals surface area (Å²) in [5.41, 5.74) is 2.11. The van der Waals surface area contributed by atoms with Crippen LogP contribution in [0.1, 0.15) is 42.3 Å². The Hall–Kier alpha value is -4.25. The van der Waals surface area contributed by atoms with E-state index in [1.165, 1.54) is 0 Å². The number of aryl methyl sites for hydroxylation is 1. The van der Waals surface area contributed by atoms with Crippen LogP contribution in [0.3, 0.4) is 0 Å². The lowest BCUT2D eigenvalue weighted by molar-refractivity contribution is 0.102. The summed E-state index contributed by atoms with van der Waals surface area (Å²) >= 11 is 0. The molecule has 0 bridgehead atoms. The van der Waals surface area contributed by atoms with E-state index in [0.29, 0.717) is 59.6 Å². The molecule has 0 spiro atoms. The lowest BCUT2D eigenvalue weighted by Gasteiger charge is -2.17. The van der Waals surface area contributed by atoms with E-state index < -0.39 is 0 Å². The first-order chi connectivity index (χ1) is 16.5. The number of aromatic nitrogens is 1. The Morgan fingerprint density at radius 3 is 2.26 bits per heavy atom. The first-order valence-electron chi connectivity index (χ1n) is 11.0. The Morgan fingerprint density at radius 2 is 1.68 bits per heavy atom. The van der Waals surface area contributed by atoms with E-state index in [9.17, 15) is 10.1 Å². The highest BCUT2D eigenvalue weighted by molar-refractivity contribution is 6.05. The van der Waals surface area contributed by atoms with Gasteiger partial charge in [0.25, 0.3) is 5.91 Å². The second-order valence-electron chi connectivity index (χ2n) is 7.10. The zero-order valence-electron chi connectivity index (χ0n) is 19.7. The summed E-state index contributed by atoms with van der Waals surface area (Å²) in [6.45, 7) is 8.72. The van der Waals surface area contributed by atoms with Crippen LogP contribution in [0.5, 0.6) is 28.9 Å². The molecule has 0 aliphatic rings. The van der Waals surface area contributed by atoms with E-state index in [4.69, 9.17) is 18.9 Å². The van der Waals surface area contributed by atoms with Crippen LogP contribution in [0.25, 0.3) is 0 Å². The van der Waals surface area contributed by atoms with Crippen molar-refractivity contribution in [3.05, 3.63) is 65.4 Å². The van der Waals surface area contributed by atoms with Crippen molar-refractivity contribution in [3.8, 4) is 34.9 Å². The first-order valence-corrected chi connectivity index (χ1v) is 11.0. The van der Waals surface area contributed by atoms with E-state index in [2.05, 4.69) is 16.4 Å². The first kappa shape index (κ1) is 24.4. The Bertz CT molecular complexity index is 1180. The molecule has 1 aromatic heterocycles. The molecule has 1 N–H and O–H groups in total. The molecule has 2 aromatic carbocycles. The average molecular weight is 462 g/mol. The number of nitriles is 1.